The fourth-order valence-corrected chi connectivity index (χ4v) is 4.23. The minimum absolute atomic E-state index is 0.0467. The van der Waals surface area contributed by atoms with Crippen molar-refractivity contribution >= 4 is 10.0 Å². The molecule has 1 heterocycles. The van der Waals surface area contributed by atoms with Gasteiger partial charge in [-0.3, -0.25) is 0 Å². The van der Waals surface area contributed by atoms with Crippen LogP contribution in [-0.2, 0) is 16.2 Å². The summed E-state index contributed by atoms with van der Waals surface area (Å²) in [6, 6.07) is 4.17. The first-order chi connectivity index (χ1) is 9.76. The lowest BCUT2D eigenvalue weighted by Crippen LogP contribution is -2.41. The molecule has 1 saturated heterocycles. The smallest absolute Gasteiger partial charge is 0.396 e. The Morgan fingerprint density at radius 2 is 1.95 bits per heavy atom. The Morgan fingerprint density at radius 3 is 2.57 bits per heavy atom. The summed E-state index contributed by atoms with van der Waals surface area (Å²) < 4.78 is 64.8. The highest BCUT2D eigenvalue weighted by molar-refractivity contribution is 7.89. The molecule has 4 nitrogen and oxygen atoms in total. The Kier molecular flexibility index (Phi) is 4.60. The van der Waals surface area contributed by atoms with Crippen molar-refractivity contribution in [3.8, 4) is 0 Å². The van der Waals surface area contributed by atoms with Gasteiger partial charge in [-0.1, -0.05) is 12.1 Å². The predicted molar refractivity (Wildman–Crippen MR) is 70.0 cm³/mol. The van der Waals surface area contributed by atoms with E-state index in [0.717, 1.165) is 22.5 Å². The van der Waals surface area contributed by atoms with Gasteiger partial charge >= 0.3 is 6.18 Å². The monoisotopic (exact) mass is 323 g/mol. The molecule has 1 fully saturated rings. The Hall–Kier alpha value is -1.12. The number of aliphatic hydroxyl groups excluding tert-OH is 1. The molecule has 0 spiro atoms. The molecule has 0 saturated carbocycles. The summed E-state index contributed by atoms with van der Waals surface area (Å²) in [6.07, 6.45) is -3.53. The first-order valence-electron chi connectivity index (χ1n) is 6.54. The van der Waals surface area contributed by atoms with Gasteiger partial charge in [-0.25, -0.2) is 8.42 Å². The van der Waals surface area contributed by atoms with Crippen LogP contribution in [0.2, 0.25) is 0 Å². The highest BCUT2D eigenvalue weighted by atomic mass is 32.2. The average molecular weight is 323 g/mol. The molecule has 0 aliphatic carbocycles. The number of benzene rings is 1. The van der Waals surface area contributed by atoms with E-state index in [-0.39, 0.29) is 25.6 Å². The third-order valence-corrected chi connectivity index (χ3v) is 5.47. The number of piperidine rings is 1. The van der Waals surface area contributed by atoms with Gasteiger partial charge in [-0.2, -0.15) is 17.5 Å². The molecule has 1 atom stereocenters. The quantitative estimate of drug-likeness (QED) is 0.927. The molecule has 0 amide bonds. The molecule has 118 valence electrons. The maximum Gasteiger partial charge on any atom is 0.417 e. The van der Waals surface area contributed by atoms with Gasteiger partial charge in [0.15, 0.2) is 0 Å². The molecular formula is C13H16F3NO3S. The highest BCUT2D eigenvalue weighted by Gasteiger charge is 2.39. The molecule has 1 aliphatic rings. The topological polar surface area (TPSA) is 57.6 Å². The summed E-state index contributed by atoms with van der Waals surface area (Å²) in [5.74, 6) is -0.230. The summed E-state index contributed by atoms with van der Waals surface area (Å²) in [4.78, 5) is -0.726. The van der Waals surface area contributed by atoms with Crippen LogP contribution in [-0.4, -0.2) is 37.5 Å². The van der Waals surface area contributed by atoms with E-state index in [1.165, 1.54) is 6.07 Å². The zero-order valence-corrected chi connectivity index (χ0v) is 12.0. The van der Waals surface area contributed by atoms with Crippen molar-refractivity contribution < 1.29 is 26.7 Å². The second-order valence-corrected chi connectivity index (χ2v) is 6.95. The van der Waals surface area contributed by atoms with Gasteiger partial charge < -0.3 is 5.11 Å². The maximum absolute atomic E-state index is 13.0. The first-order valence-corrected chi connectivity index (χ1v) is 7.98. The van der Waals surface area contributed by atoms with Gasteiger partial charge in [0, 0.05) is 19.7 Å². The van der Waals surface area contributed by atoms with Crippen molar-refractivity contribution in [1.29, 1.82) is 0 Å². The van der Waals surface area contributed by atoms with E-state index in [1.807, 2.05) is 0 Å². The van der Waals surface area contributed by atoms with Crippen LogP contribution in [0.5, 0.6) is 0 Å². The van der Waals surface area contributed by atoms with Crippen molar-refractivity contribution in [2.24, 2.45) is 5.92 Å². The van der Waals surface area contributed by atoms with Crippen LogP contribution >= 0.6 is 0 Å². The van der Waals surface area contributed by atoms with Crippen LogP contribution in [0.1, 0.15) is 18.4 Å². The Morgan fingerprint density at radius 1 is 1.29 bits per heavy atom. The number of hydrogen-bond acceptors (Lipinski definition) is 3. The van der Waals surface area contributed by atoms with Crippen LogP contribution in [0.4, 0.5) is 13.2 Å². The van der Waals surface area contributed by atoms with Crippen LogP contribution in [0.3, 0.4) is 0 Å². The second-order valence-electron chi connectivity index (χ2n) is 5.05. The van der Waals surface area contributed by atoms with Gasteiger partial charge in [-0.15, -0.1) is 0 Å². The summed E-state index contributed by atoms with van der Waals surface area (Å²) in [7, 11) is -4.22. The van der Waals surface area contributed by atoms with E-state index in [0.29, 0.717) is 12.8 Å². The van der Waals surface area contributed by atoms with E-state index in [9.17, 15) is 21.6 Å². The molecule has 0 aromatic heterocycles. The lowest BCUT2D eigenvalue weighted by atomic mass is 10.0. The SMILES string of the molecule is O=S(=O)(c1ccccc1C(F)(F)F)N1CCCC(CO)C1. The van der Waals surface area contributed by atoms with Crippen molar-refractivity contribution in [2.75, 3.05) is 19.7 Å². The summed E-state index contributed by atoms with van der Waals surface area (Å²) in [6.45, 7) is 0.0446. The minimum atomic E-state index is -4.73. The molecule has 21 heavy (non-hydrogen) atoms. The lowest BCUT2D eigenvalue weighted by molar-refractivity contribution is -0.139. The largest absolute Gasteiger partial charge is 0.417 e. The summed E-state index contributed by atoms with van der Waals surface area (Å²) >= 11 is 0. The van der Waals surface area contributed by atoms with Crippen LogP contribution < -0.4 is 0 Å². The van der Waals surface area contributed by atoms with Crippen molar-refractivity contribution in [3.63, 3.8) is 0 Å². The number of rotatable bonds is 3. The molecule has 0 radical (unpaired) electrons. The molecule has 1 aromatic rings. The third kappa shape index (κ3) is 3.38. The molecule has 1 unspecified atom stereocenters. The fraction of sp³-hybridized carbons (Fsp3) is 0.538. The van der Waals surface area contributed by atoms with E-state index in [4.69, 9.17) is 5.11 Å². The molecular weight excluding hydrogens is 307 g/mol. The predicted octanol–water partition coefficient (Wildman–Crippen LogP) is 2.10. The van der Waals surface area contributed by atoms with Gasteiger partial charge in [0.2, 0.25) is 10.0 Å². The van der Waals surface area contributed by atoms with E-state index < -0.39 is 26.7 Å². The number of nitrogens with zero attached hydrogens (tertiary/aromatic N) is 1. The van der Waals surface area contributed by atoms with Crippen molar-refractivity contribution in [3.05, 3.63) is 29.8 Å². The maximum atomic E-state index is 13.0. The van der Waals surface area contributed by atoms with E-state index in [2.05, 4.69) is 0 Å². The average Bonchev–Trinajstić information content (AvgIpc) is 2.46. The summed E-state index contributed by atoms with van der Waals surface area (Å²) in [5, 5.41) is 9.13. The third-order valence-electron chi connectivity index (χ3n) is 3.55. The van der Waals surface area contributed by atoms with Crippen LogP contribution in [0, 0.1) is 5.92 Å². The zero-order valence-electron chi connectivity index (χ0n) is 11.2. The Bertz CT molecular complexity index is 601. The van der Waals surface area contributed by atoms with Gasteiger partial charge in [0.05, 0.1) is 10.5 Å². The van der Waals surface area contributed by atoms with Crippen molar-refractivity contribution in [2.45, 2.75) is 23.9 Å². The number of aliphatic hydroxyl groups is 1. The van der Waals surface area contributed by atoms with Gasteiger partial charge in [-0.05, 0) is 30.9 Å². The molecule has 2 rings (SSSR count). The highest BCUT2D eigenvalue weighted by Crippen LogP contribution is 2.35. The number of alkyl halides is 3. The van der Waals surface area contributed by atoms with Crippen LogP contribution in [0.15, 0.2) is 29.2 Å². The second kappa shape index (κ2) is 5.94. The summed E-state index contributed by atoms with van der Waals surface area (Å²) in [5.41, 5.74) is -1.16. The number of hydrogen-bond donors (Lipinski definition) is 1. The van der Waals surface area contributed by atoms with E-state index >= 15 is 0 Å². The van der Waals surface area contributed by atoms with Gasteiger partial charge in [0.25, 0.3) is 0 Å². The molecule has 1 aromatic carbocycles. The molecule has 1 aliphatic heterocycles. The van der Waals surface area contributed by atoms with Crippen molar-refractivity contribution in [1.82, 2.24) is 4.31 Å². The molecule has 8 heteroatoms. The van der Waals surface area contributed by atoms with Gasteiger partial charge in [0.1, 0.15) is 0 Å². The normalized spacial score (nSPS) is 21.4. The Labute approximate surface area is 121 Å². The Balaban J connectivity index is 2.41. The standard InChI is InChI=1S/C13H16F3NO3S/c14-13(15,16)11-5-1-2-6-12(11)21(19,20)17-7-3-4-10(8-17)9-18/h1-2,5-6,10,18H,3-4,7-9H2. The zero-order chi connectivity index (χ0) is 15.7. The lowest BCUT2D eigenvalue weighted by Gasteiger charge is -2.31. The number of sulfonamides is 1. The molecule has 0 bridgehead atoms. The first kappa shape index (κ1) is 16.3. The fourth-order valence-electron chi connectivity index (χ4n) is 2.46. The van der Waals surface area contributed by atoms with E-state index in [1.54, 1.807) is 0 Å². The minimum Gasteiger partial charge on any atom is -0.396 e. The molecule has 1 N–H and O–H groups in total. The van der Waals surface area contributed by atoms with Crippen LogP contribution in [0.25, 0.3) is 0 Å². The number of halogens is 3.